The van der Waals surface area contributed by atoms with Crippen LogP contribution in [0.15, 0.2) is 0 Å². The highest BCUT2D eigenvalue weighted by atomic mass is 16.2. The maximum atomic E-state index is 12.1. The van der Waals surface area contributed by atoms with Gasteiger partial charge in [0, 0.05) is 25.7 Å². The first-order valence-corrected chi connectivity index (χ1v) is 7.93. The van der Waals surface area contributed by atoms with Gasteiger partial charge in [0.15, 0.2) is 0 Å². The Hall–Kier alpha value is -0.770. The fourth-order valence-electron chi connectivity index (χ4n) is 3.05. The zero-order valence-electron chi connectivity index (χ0n) is 12.5. The normalized spacial score (nSPS) is 24.2. The summed E-state index contributed by atoms with van der Waals surface area (Å²) in [6, 6.07) is 0.601. The first-order valence-electron chi connectivity index (χ1n) is 7.93. The molecule has 2 aliphatic heterocycles. The lowest BCUT2D eigenvalue weighted by Crippen LogP contribution is -2.49. The van der Waals surface area contributed by atoms with Crippen LogP contribution in [-0.4, -0.2) is 54.6 Å². The Morgan fingerprint density at radius 1 is 1.16 bits per heavy atom. The van der Waals surface area contributed by atoms with Crippen LogP contribution in [0.3, 0.4) is 0 Å². The molecular formula is C15H29N3O. The molecular weight excluding hydrogens is 238 g/mol. The Bertz CT molecular complexity index is 281. The molecule has 19 heavy (non-hydrogen) atoms. The molecule has 4 nitrogen and oxygen atoms in total. The number of hydrogen-bond donors (Lipinski definition) is 1. The molecule has 2 fully saturated rings. The Morgan fingerprint density at radius 2 is 1.79 bits per heavy atom. The highest BCUT2D eigenvalue weighted by Crippen LogP contribution is 2.16. The lowest BCUT2D eigenvalue weighted by atomic mass is 10.00. The van der Waals surface area contributed by atoms with E-state index < -0.39 is 0 Å². The third-order valence-electron chi connectivity index (χ3n) is 4.63. The van der Waals surface area contributed by atoms with E-state index in [1.54, 1.807) is 0 Å². The summed E-state index contributed by atoms with van der Waals surface area (Å²) in [5.74, 6) is 0.774. The summed E-state index contributed by atoms with van der Waals surface area (Å²) in [6.07, 6.45) is 6.27. The topological polar surface area (TPSA) is 35.6 Å². The minimum absolute atomic E-state index is 0.135. The highest BCUT2D eigenvalue weighted by molar-refractivity contribution is 5.74. The average Bonchev–Trinajstić information content (AvgIpc) is 2.46. The number of nitrogens with zero attached hydrogens (tertiary/aromatic N) is 2. The highest BCUT2D eigenvalue weighted by Gasteiger charge is 2.21. The second kappa shape index (κ2) is 7.13. The lowest BCUT2D eigenvalue weighted by molar-refractivity contribution is 0.155. The zero-order chi connectivity index (χ0) is 13.7. The molecule has 0 aromatic heterocycles. The first-order chi connectivity index (χ1) is 9.16. The van der Waals surface area contributed by atoms with Crippen LogP contribution in [0.4, 0.5) is 4.79 Å². The van der Waals surface area contributed by atoms with Crippen molar-refractivity contribution in [2.24, 2.45) is 5.92 Å². The van der Waals surface area contributed by atoms with Gasteiger partial charge in [0.25, 0.3) is 0 Å². The van der Waals surface area contributed by atoms with Gasteiger partial charge in [-0.1, -0.05) is 13.3 Å². The summed E-state index contributed by atoms with van der Waals surface area (Å²) < 4.78 is 0. The van der Waals surface area contributed by atoms with Crippen molar-refractivity contribution in [1.29, 1.82) is 0 Å². The molecule has 110 valence electrons. The van der Waals surface area contributed by atoms with Crippen LogP contribution in [0.1, 0.15) is 46.0 Å². The van der Waals surface area contributed by atoms with Crippen molar-refractivity contribution in [3.63, 3.8) is 0 Å². The average molecular weight is 267 g/mol. The van der Waals surface area contributed by atoms with Crippen LogP contribution < -0.4 is 5.32 Å². The van der Waals surface area contributed by atoms with Crippen LogP contribution >= 0.6 is 0 Å². The summed E-state index contributed by atoms with van der Waals surface area (Å²) in [6.45, 7) is 9.51. The van der Waals surface area contributed by atoms with E-state index in [1.807, 2.05) is 4.90 Å². The summed E-state index contributed by atoms with van der Waals surface area (Å²) in [7, 11) is 0. The van der Waals surface area contributed by atoms with Crippen molar-refractivity contribution >= 4 is 6.03 Å². The molecule has 0 saturated carbocycles. The lowest BCUT2D eigenvalue weighted by Gasteiger charge is -2.34. The molecule has 0 aromatic rings. The number of amides is 2. The van der Waals surface area contributed by atoms with Gasteiger partial charge < -0.3 is 10.2 Å². The SMILES string of the molecule is CC1CCN(C(=O)NCC(C)N2CCCCC2)CC1. The predicted molar refractivity (Wildman–Crippen MR) is 78.3 cm³/mol. The van der Waals surface area contributed by atoms with E-state index >= 15 is 0 Å². The summed E-state index contributed by atoms with van der Waals surface area (Å²) in [5.41, 5.74) is 0. The number of hydrogen-bond acceptors (Lipinski definition) is 2. The zero-order valence-corrected chi connectivity index (χ0v) is 12.5. The van der Waals surface area contributed by atoms with Gasteiger partial charge >= 0.3 is 6.03 Å². The number of piperidine rings is 2. The number of nitrogens with one attached hydrogen (secondary N) is 1. The summed E-state index contributed by atoms with van der Waals surface area (Å²) in [4.78, 5) is 16.6. The number of rotatable bonds is 3. The van der Waals surface area contributed by atoms with Gasteiger partial charge in [-0.2, -0.15) is 0 Å². The molecule has 4 heteroatoms. The molecule has 0 radical (unpaired) electrons. The maximum absolute atomic E-state index is 12.1. The van der Waals surface area contributed by atoms with Gasteiger partial charge in [0.1, 0.15) is 0 Å². The van der Waals surface area contributed by atoms with E-state index in [0.717, 1.165) is 38.4 Å². The molecule has 1 N–H and O–H groups in total. The van der Waals surface area contributed by atoms with Gasteiger partial charge in [-0.05, 0) is 51.6 Å². The Labute approximate surface area is 117 Å². The van der Waals surface area contributed by atoms with E-state index in [4.69, 9.17) is 0 Å². The number of carbonyl (C=O) groups excluding carboxylic acids is 1. The smallest absolute Gasteiger partial charge is 0.317 e. The van der Waals surface area contributed by atoms with Crippen molar-refractivity contribution in [3.8, 4) is 0 Å². The standard InChI is InChI=1S/C15H29N3O/c1-13-6-10-18(11-7-13)15(19)16-12-14(2)17-8-4-3-5-9-17/h13-14H,3-12H2,1-2H3,(H,16,19). The molecule has 2 heterocycles. The fourth-order valence-corrected chi connectivity index (χ4v) is 3.05. The van der Waals surface area contributed by atoms with Gasteiger partial charge in [-0.15, -0.1) is 0 Å². The minimum atomic E-state index is 0.135. The monoisotopic (exact) mass is 267 g/mol. The molecule has 2 amide bonds. The van der Waals surface area contributed by atoms with Crippen LogP contribution in [0.5, 0.6) is 0 Å². The van der Waals surface area contributed by atoms with Crippen molar-refractivity contribution < 1.29 is 4.79 Å². The molecule has 0 aliphatic carbocycles. The molecule has 1 atom stereocenters. The molecule has 0 spiro atoms. The van der Waals surface area contributed by atoms with Crippen molar-refractivity contribution in [2.45, 2.75) is 52.0 Å². The van der Waals surface area contributed by atoms with Crippen molar-refractivity contribution in [1.82, 2.24) is 15.1 Å². The third-order valence-corrected chi connectivity index (χ3v) is 4.63. The van der Waals surface area contributed by atoms with E-state index in [9.17, 15) is 4.79 Å². The Morgan fingerprint density at radius 3 is 2.42 bits per heavy atom. The van der Waals surface area contributed by atoms with Gasteiger partial charge in [0.05, 0.1) is 0 Å². The Balaban J connectivity index is 1.67. The number of carbonyl (C=O) groups is 1. The Kier molecular flexibility index (Phi) is 5.49. The minimum Gasteiger partial charge on any atom is -0.336 e. The number of urea groups is 1. The van der Waals surface area contributed by atoms with Gasteiger partial charge in [-0.3, -0.25) is 4.90 Å². The van der Waals surface area contributed by atoms with Gasteiger partial charge in [0.2, 0.25) is 0 Å². The molecule has 2 aliphatic rings. The molecule has 2 saturated heterocycles. The summed E-state index contributed by atoms with van der Waals surface area (Å²) >= 11 is 0. The van der Waals surface area contributed by atoms with E-state index in [-0.39, 0.29) is 6.03 Å². The fraction of sp³-hybridized carbons (Fsp3) is 0.933. The van der Waals surface area contributed by atoms with Crippen LogP contribution in [-0.2, 0) is 0 Å². The largest absolute Gasteiger partial charge is 0.336 e. The van der Waals surface area contributed by atoms with Crippen LogP contribution in [0.25, 0.3) is 0 Å². The molecule has 0 bridgehead atoms. The second-order valence-corrected chi connectivity index (χ2v) is 6.30. The van der Waals surface area contributed by atoms with Crippen molar-refractivity contribution in [2.75, 3.05) is 32.7 Å². The summed E-state index contributed by atoms with van der Waals surface area (Å²) in [5, 5.41) is 3.11. The second-order valence-electron chi connectivity index (χ2n) is 6.30. The maximum Gasteiger partial charge on any atom is 0.317 e. The number of likely N-dealkylation sites (tertiary alicyclic amines) is 2. The van der Waals surface area contributed by atoms with Gasteiger partial charge in [-0.25, -0.2) is 4.79 Å². The first kappa shape index (κ1) is 14.6. The molecule has 1 unspecified atom stereocenters. The van der Waals surface area contributed by atoms with E-state index in [2.05, 4.69) is 24.1 Å². The van der Waals surface area contributed by atoms with Crippen molar-refractivity contribution in [3.05, 3.63) is 0 Å². The van der Waals surface area contributed by atoms with Crippen LogP contribution in [0, 0.1) is 5.92 Å². The third kappa shape index (κ3) is 4.37. The molecule has 0 aromatic carbocycles. The van der Waals surface area contributed by atoms with E-state index in [1.165, 1.54) is 32.4 Å². The predicted octanol–water partition coefficient (Wildman–Crippen LogP) is 2.30. The van der Waals surface area contributed by atoms with Crippen LogP contribution in [0.2, 0.25) is 0 Å². The quantitative estimate of drug-likeness (QED) is 0.851. The molecule has 2 rings (SSSR count). The van der Waals surface area contributed by atoms with E-state index in [0.29, 0.717) is 6.04 Å².